The Balaban J connectivity index is 1.60. The van der Waals surface area contributed by atoms with Crippen molar-refractivity contribution < 1.29 is 9.53 Å². The molecule has 0 aromatic heterocycles. The van der Waals surface area contributed by atoms with Gasteiger partial charge in [0.15, 0.2) is 0 Å². The number of halogens is 1. The first-order valence-electron chi connectivity index (χ1n) is 9.82. The fourth-order valence-corrected chi connectivity index (χ4v) is 8.33. The molecule has 3 saturated heterocycles. The molecule has 6 atom stereocenters. The zero-order chi connectivity index (χ0) is 17.3. The molecule has 6 aliphatic rings. The lowest BCUT2D eigenvalue weighted by molar-refractivity contribution is -0.135. The second-order valence-corrected chi connectivity index (χ2v) is 9.43. The van der Waals surface area contributed by atoms with Gasteiger partial charge in [-0.15, -0.1) is 0 Å². The number of amides is 1. The third-order valence-electron chi connectivity index (χ3n) is 8.28. The summed E-state index contributed by atoms with van der Waals surface area (Å²) in [6.45, 7) is 2.73. The number of para-hydroxylation sites is 1. The maximum absolute atomic E-state index is 13.3. The molecule has 26 heavy (non-hydrogen) atoms. The van der Waals surface area contributed by atoms with Crippen molar-refractivity contribution in [2.75, 3.05) is 24.6 Å². The van der Waals surface area contributed by atoms with E-state index >= 15 is 0 Å². The van der Waals surface area contributed by atoms with Crippen molar-refractivity contribution in [1.29, 1.82) is 0 Å². The Kier molecular flexibility index (Phi) is 2.47. The van der Waals surface area contributed by atoms with Crippen LogP contribution in [0.1, 0.15) is 24.8 Å². The largest absolute Gasteiger partial charge is 0.373 e. The van der Waals surface area contributed by atoms with E-state index in [1.54, 1.807) is 0 Å². The van der Waals surface area contributed by atoms with Crippen LogP contribution in [0.15, 0.2) is 35.9 Å². The minimum atomic E-state index is -0.692. The molecule has 1 aromatic rings. The number of anilines is 1. The first-order chi connectivity index (χ1) is 12.7. The monoisotopic (exact) mass is 368 g/mol. The highest BCUT2D eigenvalue weighted by Crippen LogP contribution is 2.71. The van der Waals surface area contributed by atoms with Gasteiger partial charge in [-0.2, -0.15) is 0 Å². The number of benzene rings is 1. The summed E-state index contributed by atoms with van der Waals surface area (Å²) in [7, 11) is 0. The van der Waals surface area contributed by atoms with Crippen molar-refractivity contribution in [3.63, 3.8) is 0 Å². The molecule has 5 heterocycles. The highest BCUT2D eigenvalue weighted by molar-refractivity contribution is 6.31. The molecule has 1 saturated carbocycles. The maximum Gasteiger partial charge on any atom is 0.231 e. The molecule has 1 amide bonds. The smallest absolute Gasteiger partial charge is 0.231 e. The van der Waals surface area contributed by atoms with Gasteiger partial charge in [-0.1, -0.05) is 41.4 Å². The van der Waals surface area contributed by atoms with Crippen LogP contribution in [0.5, 0.6) is 0 Å². The lowest BCUT2D eigenvalue weighted by atomic mass is 9.53. The first kappa shape index (κ1) is 14.7. The van der Waals surface area contributed by atoms with Gasteiger partial charge in [0, 0.05) is 24.2 Å². The molecule has 0 N–H and O–H groups in total. The van der Waals surface area contributed by atoms with Crippen LogP contribution in [0.25, 0.3) is 0 Å². The molecule has 1 aromatic carbocycles. The van der Waals surface area contributed by atoms with E-state index in [1.165, 1.54) is 11.1 Å². The van der Waals surface area contributed by atoms with E-state index in [4.69, 9.17) is 16.3 Å². The van der Waals surface area contributed by atoms with Gasteiger partial charge in [0.1, 0.15) is 5.00 Å². The summed E-state index contributed by atoms with van der Waals surface area (Å²) in [4.78, 5) is 17.2. The standard InChI is InChI=1S/C21H21ClN2O2/c22-21-19-13-9-17-20(21)6-7-23(17)11-12(13)5-8-26-16(19)10-18(25)24(21)15-4-2-1-3-14(15)20/h1-5,13,16-17,19H,6-11H2/t13-,16?,17-,19+,20+,21?/m0/s1. The number of fused-ring (bicyclic) bond motifs is 2. The Morgan fingerprint density at radius 2 is 2.15 bits per heavy atom. The summed E-state index contributed by atoms with van der Waals surface area (Å²) >= 11 is 7.72. The van der Waals surface area contributed by atoms with Crippen molar-refractivity contribution in [3.05, 3.63) is 41.5 Å². The minimum Gasteiger partial charge on any atom is -0.373 e. The third-order valence-corrected chi connectivity index (χ3v) is 9.03. The molecule has 134 valence electrons. The molecule has 4 fully saturated rings. The molecular formula is C21H21ClN2O2. The number of hydrogen-bond acceptors (Lipinski definition) is 3. The van der Waals surface area contributed by atoms with Crippen molar-refractivity contribution in [1.82, 2.24) is 4.90 Å². The molecule has 4 nitrogen and oxygen atoms in total. The highest BCUT2D eigenvalue weighted by Gasteiger charge is 2.78. The summed E-state index contributed by atoms with van der Waals surface area (Å²) < 4.78 is 6.23. The van der Waals surface area contributed by atoms with E-state index in [9.17, 15) is 4.79 Å². The number of nitrogens with zero attached hydrogens (tertiary/aromatic N) is 2. The zero-order valence-electron chi connectivity index (χ0n) is 14.5. The summed E-state index contributed by atoms with van der Waals surface area (Å²) in [5, 5.41) is 0. The van der Waals surface area contributed by atoms with Crippen molar-refractivity contribution in [3.8, 4) is 0 Å². The normalized spacial score (nSPS) is 47.5. The Hall–Kier alpha value is -1.36. The fourth-order valence-electron chi connectivity index (χ4n) is 7.53. The van der Waals surface area contributed by atoms with Crippen LogP contribution in [-0.2, 0) is 14.9 Å². The van der Waals surface area contributed by atoms with Gasteiger partial charge in [0.2, 0.25) is 5.91 Å². The van der Waals surface area contributed by atoms with Crippen LogP contribution < -0.4 is 4.90 Å². The van der Waals surface area contributed by atoms with Gasteiger partial charge >= 0.3 is 0 Å². The van der Waals surface area contributed by atoms with Crippen LogP contribution in [0.4, 0.5) is 5.69 Å². The second-order valence-electron chi connectivity index (χ2n) is 8.85. The number of carbonyl (C=O) groups excluding carboxylic acids is 1. The molecular weight excluding hydrogens is 348 g/mol. The van der Waals surface area contributed by atoms with E-state index in [1.807, 2.05) is 11.0 Å². The molecule has 0 radical (unpaired) electrons. The van der Waals surface area contributed by atoms with Crippen LogP contribution in [0.3, 0.4) is 0 Å². The molecule has 2 unspecified atom stereocenters. The molecule has 5 heteroatoms. The molecule has 7 rings (SSSR count). The summed E-state index contributed by atoms with van der Waals surface area (Å²) in [6, 6.07) is 8.91. The Morgan fingerprint density at radius 1 is 1.27 bits per heavy atom. The summed E-state index contributed by atoms with van der Waals surface area (Å²) in [6.07, 6.45) is 4.86. The zero-order valence-corrected chi connectivity index (χ0v) is 15.3. The SMILES string of the molecule is O=C1CC2OCC=C3CN4CC[C@]56c7ccccc7N1C5(Cl)[C@@H]2[C@H]3C[C@H]46. The number of alkyl halides is 1. The number of rotatable bonds is 0. The van der Waals surface area contributed by atoms with Gasteiger partial charge in [0.05, 0.1) is 24.5 Å². The Morgan fingerprint density at radius 3 is 3.08 bits per heavy atom. The van der Waals surface area contributed by atoms with Crippen molar-refractivity contribution in [2.24, 2.45) is 11.8 Å². The van der Waals surface area contributed by atoms with E-state index in [0.717, 1.165) is 31.6 Å². The number of ether oxygens (including phenoxy) is 1. The molecule has 5 aliphatic heterocycles. The van der Waals surface area contributed by atoms with Crippen LogP contribution in [-0.4, -0.2) is 47.6 Å². The summed E-state index contributed by atoms with van der Waals surface area (Å²) in [5.74, 6) is 0.754. The average Bonchev–Trinajstić information content (AvgIpc) is 3.05. The number of piperidine rings is 2. The van der Waals surface area contributed by atoms with E-state index in [-0.39, 0.29) is 23.3 Å². The lowest BCUT2D eigenvalue weighted by Gasteiger charge is -2.63. The van der Waals surface area contributed by atoms with Gasteiger partial charge in [0.25, 0.3) is 0 Å². The van der Waals surface area contributed by atoms with Crippen LogP contribution >= 0.6 is 11.6 Å². The van der Waals surface area contributed by atoms with Gasteiger partial charge in [-0.05, 0) is 36.9 Å². The van der Waals surface area contributed by atoms with Gasteiger partial charge in [-0.3, -0.25) is 14.6 Å². The summed E-state index contributed by atoms with van der Waals surface area (Å²) in [5.41, 5.74) is 3.68. The van der Waals surface area contributed by atoms with Gasteiger partial charge in [-0.25, -0.2) is 0 Å². The van der Waals surface area contributed by atoms with Crippen LogP contribution in [0.2, 0.25) is 0 Å². The van der Waals surface area contributed by atoms with Crippen molar-refractivity contribution >= 4 is 23.2 Å². The maximum atomic E-state index is 13.3. The second kappa shape index (κ2) is 4.37. The topological polar surface area (TPSA) is 32.8 Å². The van der Waals surface area contributed by atoms with E-state index in [0.29, 0.717) is 25.0 Å². The predicted molar refractivity (Wildman–Crippen MR) is 98.2 cm³/mol. The molecule has 1 aliphatic carbocycles. The predicted octanol–water partition coefficient (Wildman–Crippen LogP) is 2.66. The quantitative estimate of drug-likeness (QED) is 0.401. The first-order valence-corrected chi connectivity index (χ1v) is 10.2. The van der Waals surface area contributed by atoms with Crippen LogP contribution in [0, 0.1) is 11.8 Å². The minimum absolute atomic E-state index is 0.0608. The Bertz CT molecular complexity index is 900. The molecule has 1 spiro atoms. The number of hydrogen-bond donors (Lipinski definition) is 0. The van der Waals surface area contributed by atoms with Crippen molar-refractivity contribution in [2.45, 2.75) is 41.8 Å². The van der Waals surface area contributed by atoms with Gasteiger partial charge < -0.3 is 4.74 Å². The Labute approximate surface area is 157 Å². The fraction of sp³-hybridized carbons (Fsp3) is 0.571. The highest BCUT2D eigenvalue weighted by atomic mass is 35.5. The number of carbonyl (C=O) groups is 1. The van der Waals surface area contributed by atoms with E-state index < -0.39 is 5.00 Å². The third kappa shape index (κ3) is 1.29. The lowest BCUT2D eigenvalue weighted by Crippen LogP contribution is -2.74. The van der Waals surface area contributed by atoms with E-state index in [2.05, 4.69) is 29.2 Å². The molecule has 2 bridgehead atoms. The average molecular weight is 369 g/mol.